The molecule has 1 aromatic rings. The van der Waals surface area contributed by atoms with Crippen molar-refractivity contribution in [2.45, 2.75) is 65.2 Å². The first-order valence-electron chi connectivity index (χ1n) is 9.91. The van der Waals surface area contributed by atoms with E-state index in [4.69, 9.17) is 9.84 Å². The van der Waals surface area contributed by atoms with Gasteiger partial charge in [0.25, 0.3) is 0 Å². The second-order valence-corrected chi connectivity index (χ2v) is 7.30. The number of carboxylic acids is 1. The Balaban J connectivity index is 3.33. The number of ketones is 1. The summed E-state index contributed by atoms with van der Waals surface area (Å²) in [4.78, 5) is 58.9. The molecule has 0 fully saturated rings. The molecular weight excluding hydrogens is 449 g/mol. The van der Waals surface area contributed by atoms with Crippen LogP contribution >= 0.6 is 0 Å². The number of carboxylic acid groups (broad SMARTS) is 1. The molecule has 0 bridgehead atoms. The van der Waals surface area contributed by atoms with E-state index in [0.29, 0.717) is 12.1 Å². The lowest BCUT2D eigenvalue weighted by Gasteiger charge is -2.19. The zero-order valence-electron chi connectivity index (χ0n) is 18.5. The first-order chi connectivity index (χ1) is 15.2. The van der Waals surface area contributed by atoms with Crippen molar-refractivity contribution in [1.82, 2.24) is 10.6 Å². The molecule has 0 saturated carbocycles. The molecule has 0 saturated heterocycles. The van der Waals surface area contributed by atoms with Gasteiger partial charge in [-0.25, -0.2) is 9.59 Å². The highest BCUT2D eigenvalue weighted by Gasteiger charge is 2.34. The molecule has 0 radical (unpaired) electrons. The summed E-state index contributed by atoms with van der Waals surface area (Å²) in [6, 6.07) is -1.34. The molecular formula is C21H25F3N2O7. The SMILES string of the molecule is CCC(NC(C)=O)C(=O)Oc1cc(C(F)(F)F)cc(C)c1C(=O)CCC(NC(C)=O)C(=O)O. The Labute approximate surface area is 187 Å². The van der Waals surface area contributed by atoms with E-state index >= 15 is 0 Å². The van der Waals surface area contributed by atoms with Crippen molar-refractivity contribution in [3.05, 3.63) is 28.8 Å². The van der Waals surface area contributed by atoms with Gasteiger partial charge in [-0.2, -0.15) is 13.2 Å². The van der Waals surface area contributed by atoms with Crippen molar-refractivity contribution in [1.29, 1.82) is 0 Å². The zero-order valence-corrected chi connectivity index (χ0v) is 18.5. The van der Waals surface area contributed by atoms with Crippen LogP contribution in [0.5, 0.6) is 5.75 Å². The molecule has 0 aromatic heterocycles. The summed E-state index contributed by atoms with van der Waals surface area (Å²) in [6.07, 6.45) is -5.52. The van der Waals surface area contributed by atoms with Gasteiger partial charge in [-0.15, -0.1) is 0 Å². The van der Waals surface area contributed by atoms with E-state index in [2.05, 4.69) is 10.6 Å². The van der Waals surface area contributed by atoms with Crippen molar-refractivity contribution in [3.63, 3.8) is 0 Å². The fourth-order valence-electron chi connectivity index (χ4n) is 3.01. The van der Waals surface area contributed by atoms with Crippen molar-refractivity contribution in [2.75, 3.05) is 0 Å². The first kappa shape index (κ1) is 27.6. The molecule has 3 N–H and O–H groups in total. The standard InChI is InChI=1S/C21H25F3N2O7/c1-5-14(25-11(3)27)20(32)33-17-9-13(21(22,23)24)8-10(2)18(17)16(29)7-6-15(19(30)31)26-12(4)28/h8-9,14-15H,5-7H2,1-4H3,(H,25,27)(H,26,28)(H,30,31). The molecule has 0 aliphatic carbocycles. The number of nitrogens with one attached hydrogen (secondary N) is 2. The van der Waals surface area contributed by atoms with Gasteiger partial charge >= 0.3 is 18.1 Å². The largest absolute Gasteiger partial charge is 0.480 e. The summed E-state index contributed by atoms with van der Waals surface area (Å²) < 4.78 is 45.0. The van der Waals surface area contributed by atoms with E-state index in [0.717, 1.165) is 13.8 Å². The van der Waals surface area contributed by atoms with Gasteiger partial charge in [-0.1, -0.05) is 6.92 Å². The van der Waals surface area contributed by atoms with Crippen LogP contribution in [0.25, 0.3) is 0 Å². The monoisotopic (exact) mass is 474 g/mol. The maximum Gasteiger partial charge on any atom is 0.416 e. The third-order valence-corrected chi connectivity index (χ3v) is 4.52. The number of esters is 1. The quantitative estimate of drug-likeness (QED) is 0.269. The number of aliphatic carboxylic acids is 1. The Morgan fingerprint density at radius 2 is 1.58 bits per heavy atom. The molecule has 182 valence electrons. The topological polar surface area (TPSA) is 139 Å². The maximum absolute atomic E-state index is 13.3. The summed E-state index contributed by atoms with van der Waals surface area (Å²) in [5.74, 6) is -5.11. The number of hydrogen-bond acceptors (Lipinski definition) is 6. The molecule has 0 spiro atoms. The molecule has 0 aliphatic rings. The lowest BCUT2D eigenvalue weighted by Crippen LogP contribution is -2.41. The van der Waals surface area contributed by atoms with Gasteiger partial charge in [-0.05, 0) is 37.5 Å². The maximum atomic E-state index is 13.3. The van der Waals surface area contributed by atoms with Crippen LogP contribution in [0.1, 0.15) is 61.5 Å². The lowest BCUT2D eigenvalue weighted by atomic mass is 9.96. The summed E-state index contributed by atoms with van der Waals surface area (Å²) in [5, 5.41) is 13.6. The van der Waals surface area contributed by atoms with E-state index in [-0.39, 0.29) is 24.0 Å². The van der Waals surface area contributed by atoms with Crippen LogP contribution in [-0.2, 0) is 25.4 Å². The normalized spacial score (nSPS) is 12.9. The number of hydrogen-bond donors (Lipinski definition) is 3. The minimum absolute atomic E-state index is 0.0800. The Bertz CT molecular complexity index is 945. The molecule has 0 heterocycles. The summed E-state index contributed by atoms with van der Waals surface area (Å²) in [6.45, 7) is 4.99. The van der Waals surface area contributed by atoms with E-state index < -0.39 is 65.5 Å². The number of carbonyl (C=O) groups is 5. The predicted octanol–water partition coefficient (Wildman–Crippen LogP) is 2.39. The third kappa shape index (κ3) is 8.20. The van der Waals surface area contributed by atoms with Gasteiger partial charge in [0.15, 0.2) is 5.78 Å². The molecule has 0 aliphatic heterocycles. The van der Waals surface area contributed by atoms with Crippen LogP contribution in [0.3, 0.4) is 0 Å². The van der Waals surface area contributed by atoms with Crippen molar-refractivity contribution < 1.29 is 47.0 Å². The van der Waals surface area contributed by atoms with Gasteiger partial charge < -0.3 is 20.5 Å². The number of rotatable bonds is 10. The average molecular weight is 474 g/mol. The Morgan fingerprint density at radius 3 is 2.03 bits per heavy atom. The zero-order chi connectivity index (χ0) is 25.5. The highest BCUT2D eigenvalue weighted by molar-refractivity contribution is 6.01. The van der Waals surface area contributed by atoms with E-state index in [1.807, 2.05) is 0 Å². The fraction of sp³-hybridized carbons (Fsp3) is 0.476. The number of aryl methyl sites for hydroxylation is 1. The first-order valence-corrected chi connectivity index (χ1v) is 9.91. The molecule has 2 unspecified atom stereocenters. The van der Waals surface area contributed by atoms with Crippen molar-refractivity contribution >= 4 is 29.5 Å². The van der Waals surface area contributed by atoms with Gasteiger partial charge in [0.05, 0.1) is 11.1 Å². The molecule has 1 rings (SSSR count). The smallest absolute Gasteiger partial charge is 0.416 e. The Kier molecular flexibility index (Phi) is 9.56. The highest BCUT2D eigenvalue weighted by atomic mass is 19.4. The average Bonchev–Trinajstić information content (AvgIpc) is 2.67. The Morgan fingerprint density at radius 1 is 1.03 bits per heavy atom. The van der Waals surface area contributed by atoms with E-state index in [1.165, 1.54) is 6.92 Å². The minimum Gasteiger partial charge on any atom is -0.480 e. The van der Waals surface area contributed by atoms with Crippen LogP contribution < -0.4 is 15.4 Å². The number of halogens is 3. The molecule has 9 nitrogen and oxygen atoms in total. The van der Waals surface area contributed by atoms with Crippen LogP contribution in [0.2, 0.25) is 0 Å². The number of alkyl halides is 3. The van der Waals surface area contributed by atoms with Crippen molar-refractivity contribution in [3.8, 4) is 5.75 Å². The lowest BCUT2D eigenvalue weighted by molar-refractivity contribution is -0.141. The van der Waals surface area contributed by atoms with Gasteiger partial charge in [0.1, 0.15) is 17.8 Å². The summed E-state index contributed by atoms with van der Waals surface area (Å²) >= 11 is 0. The second-order valence-electron chi connectivity index (χ2n) is 7.30. The Hall–Kier alpha value is -3.44. The predicted molar refractivity (Wildman–Crippen MR) is 109 cm³/mol. The number of amides is 2. The van der Waals surface area contributed by atoms with Gasteiger partial charge in [-0.3, -0.25) is 14.4 Å². The molecule has 12 heteroatoms. The summed E-state index contributed by atoms with van der Waals surface area (Å²) in [5.41, 5.74) is -1.63. The number of benzene rings is 1. The molecule has 1 aromatic carbocycles. The van der Waals surface area contributed by atoms with Crippen LogP contribution in [-0.4, -0.2) is 46.7 Å². The second kappa shape index (κ2) is 11.4. The molecule has 33 heavy (non-hydrogen) atoms. The number of Topliss-reactive ketones (excluding diaryl/α,β-unsaturated/α-hetero) is 1. The number of carbonyl (C=O) groups excluding carboxylic acids is 4. The van der Waals surface area contributed by atoms with E-state index in [1.54, 1.807) is 6.92 Å². The highest BCUT2D eigenvalue weighted by Crippen LogP contribution is 2.36. The molecule has 2 atom stereocenters. The number of ether oxygens (including phenoxy) is 1. The summed E-state index contributed by atoms with van der Waals surface area (Å²) in [7, 11) is 0. The van der Waals surface area contributed by atoms with Crippen LogP contribution in [0.15, 0.2) is 12.1 Å². The van der Waals surface area contributed by atoms with Gasteiger partial charge in [0.2, 0.25) is 11.8 Å². The molecule has 2 amide bonds. The van der Waals surface area contributed by atoms with Crippen LogP contribution in [0, 0.1) is 6.92 Å². The van der Waals surface area contributed by atoms with E-state index in [9.17, 15) is 37.1 Å². The third-order valence-electron chi connectivity index (χ3n) is 4.52. The minimum atomic E-state index is -4.80. The fourth-order valence-corrected chi connectivity index (χ4v) is 3.01. The van der Waals surface area contributed by atoms with Gasteiger partial charge in [0, 0.05) is 20.3 Å². The van der Waals surface area contributed by atoms with Crippen LogP contribution in [0.4, 0.5) is 13.2 Å². The van der Waals surface area contributed by atoms with Crippen molar-refractivity contribution in [2.24, 2.45) is 0 Å².